The Balaban J connectivity index is 1.87. The number of alkyl halides is 2. The van der Waals surface area contributed by atoms with E-state index in [9.17, 15) is 8.78 Å². The van der Waals surface area contributed by atoms with Gasteiger partial charge in [-0.2, -0.15) is 0 Å². The van der Waals surface area contributed by atoms with Crippen LogP contribution in [0.5, 0.6) is 5.75 Å². The van der Waals surface area contributed by atoms with Gasteiger partial charge in [-0.25, -0.2) is 8.78 Å². The van der Waals surface area contributed by atoms with Crippen LogP contribution in [0.3, 0.4) is 0 Å². The molecule has 1 N–H and O–H groups in total. The first-order valence-electron chi connectivity index (χ1n) is 5.97. The Kier molecular flexibility index (Phi) is 4.31. The summed E-state index contributed by atoms with van der Waals surface area (Å²) in [4.78, 5) is 0. The third kappa shape index (κ3) is 3.66. The Hall–Kier alpha value is -1.16. The fourth-order valence-corrected chi connectivity index (χ4v) is 2.02. The maximum atomic E-state index is 12.5. The zero-order chi connectivity index (χ0) is 12.1. The molecule has 1 aliphatic rings. The first-order valence-corrected chi connectivity index (χ1v) is 5.97. The average Bonchev–Trinajstić information content (AvgIpc) is 2.38. The lowest BCUT2D eigenvalue weighted by molar-refractivity contribution is 0.150. The summed E-state index contributed by atoms with van der Waals surface area (Å²) in [6, 6.07) is 6.17. The van der Waals surface area contributed by atoms with Crippen molar-refractivity contribution in [2.75, 3.05) is 19.7 Å². The summed E-state index contributed by atoms with van der Waals surface area (Å²) in [5.74, 6) is 1.02. The van der Waals surface area contributed by atoms with Gasteiger partial charge in [0.15, 0.2) is 0 Å². The smallest absolute Gasteiger partial charge is 0.263 e. The van der Waals surface area contributed by atoms with E-state index in [0.717, 1.165) is 25.9 Å². The van der Waals surface area contributed by atoms with Crippen molar-refractivity contribution in [3.05, 3.63) is 29.8 Å². The lowest BCUT2D eigenvalue weighted by Gasteiger charge is -2.22. The first kappa shape index (κ1) is 12.3. The van der Waals surface area contributed by atoms with E-state index in [1.165, 1.54) is 12.1 Å². The summed E-state index contributed by atoms with van der Waals surface area (Å²) in [5.41, 5.74) is 0.0178. The molecule has 1 aliphatic heterocycles. The molecule has 2 rings (SSSR count). The van der Waals surface area contributed by atoms with Gasteiger partial charge in [-0.05, 0) is 31.5 Å². The van der Waals surface area contributed by atoms with E-state index in [2.05, 4.69) is 5.32 Å². The normalized spacial score (nSPS) is 20.5. The van der Waals surface area contributed by atoms with Gasteiger partial charge in [0.05, 0.1) is 6.61 Å². The van der Waals surface area contributed by atoms with E-state index >= 15 is 0 Å². The van der Waals surface area contributed by atoms with Crippen LogP contribution in [0.4, 0.5) is 8.78 Å². The fraction of sp³-hybridized carbons (Fsp3) is 0.538. The minimum absolute atomic E-state index is 0.0178. The second-order valence-electron chi connectivity index (χ2n) is 4.40. The van der Waals surface area contributed by atoms with Crippen molar-refractivity contribution in [1.29, 1.82) is 0 Å². The fourth-order valence-electron chi connectivity index (χ4n) is 2.02. The molecule has 0 saturated carbocycles. The Morgan fingerprint density at radius 2 is 2.29 bits per heavy atom. The van der Waals surface area contributed by atoms with E-state index < -0.39 is 6.43 Å². The third-order valence-electron chi connectivity index (χ3n) is 2.99. The Labute approximate surface area is 100.0 Å². The van der Waals surface area contributed by atoms with Crippen molar-refractivity contribution >= 4 is 0 Å². The highest BCUT2D eigenvalue weighted by Crippen LogP contribution is 2.23. The maximum absolute atomic E-state index is 12.5. The minimum atomic E-state index is -2.44. The van der Waals surface area contributed by atoms with Crippen LogP contribution in [0.2, 0.25) is 0 Å². The van der Waals surface area contributed by atoms with Gasteiger partial charge in [0.1, 0.15) is 5.75 Å². The molecule has 4 heteroatoms. The SMILES string of the molecule is FC(F)c1cccc(OCC2CCCNC2)c1. The van der Waals surface area contributed by atoms with Gasteiger partial charge in [-0.15, -0.1) is 0 Å². The van der Waals surface area contributed by atoms with Crippen molar-refractivity contribution in [1.82, 2.24) is 5.32 Å². The molecule has 94 valence electrons. The second-order valence-corrected chi connectivity index (χ2v) is 4.40. The molecule has 1 heterocycles. The van der Waals surface area contributed by atoms with Crippen LogP contribution in [-0.2, 0) is 0 Å². The third-order valence-corrected chi connectivity index (χ3v) is 2.99. The quantitative estimate of drug-likeness (QED) is 0.875. The molecule has 0 spiro atoms. The van der Waals surface area contributed by atoms with E-state index in [4.69, 9.17) is 4.74 Å². The number of ether oxygens (including phenoxy) is 1. The zero-order valence-electron chi connectivity index (χ0n) is 9.66. The van der Waals surface area contributed by atoms with Crippen LogP contribution in [0, 0.1) is 5.92 Å². The summed E-state index contributed by atoms with van der Waals surface area (Å²) in [5, 5.41) is 3.30. The molecule has 0 aromatic heterocycles. The minimum Gasteiger partial charge on any atom is -0.493 e. The Morgan fingerprint density at radius 3 is 3.00 bits per heavy atom. The molecule has 1 aromatic rings. The summed E-state index contributed by atoms with van der Waals surface area (Å²) in [6.07, 6.45) is -0.137. The number of piperidine rings is 1. The van der Waals surface area contributed by atoms with Gasteiger partial charge in [0, 0.05) is 18.0 Å². The molecule has 0 aliphatic carbocycles. The van der Waals surface area contributed by atoms with E-state index in [1.54, 1.807) is 12.1 Å². The van der Waals surface area contributed by atoms with Gasteiger partial charge in [0.25, 0.3) is 6.43 Å². The second kappa shape index (κ2) is 5.96. The van der Waals surface area contributed by atoms with Crippen molar-refractivity contribution < 1.29 is 13.5 Å². The number of hydrogen-bond donors (Lipinski definition) is 1. The molecule has 0 bridgehead atoms. The summed E-state index contributed by atoms with van der Waals surface area (Å²) in [7, 11) is 0. The molecule has 1 fully saturated rings. The topological polar surface area (TPSA) is 21.3 Å². The molecule has 1 unspecified atom stereocenters. The van der Waals surface area contributed by atoms with Crippen molar-refractivity contribution in [2.24, 2.45) is 5.92 Å². The number of rotatable bonds is 4. The van der Waals surface area contributed by atoms with Crippen molar-refractivity contribution in [2.45, 2.75) is 19.3 Å². The first-order chi connectivity index (χ1) is 8.25. The van der Waals surface area contributed by atoms with Crippen LogP contribution >= 0.6 is 0 Å². The monoisotopic (exact) mass is 241 g/mol. The van der Waals surface area contributed by atoms with Crippen LogP contribution < -0.4 is 10.1 Å². The van der Waals surface area contributed by atoms with E-state index in [-0.39, 0.29) is 5.56 Å². The van der Waals surface area contributed by atoms with Crippen LogP contribution in [0.1, 0.15) is 24.8 Å². The molecule has 2 nitrogen and oxygen atoms in total. The summed E-state index contributed by atoms with van der Waals surface area (Å²) >= 11 is 0. The van der Waals surface area contributed by atoms with Gasteiger partial charge in [0.2, 0.25) is 0 Å². The predicted octanol–water partition coefficient (Wildman–Crippen LogP) is 3.00. The van der Waals surface area contributed by atoms with Gasteiger partial charge in [-0.3, -0.25) is 0 Å². The summed E-state index contributed by atoms with van der Waals surface area (Å²) < 4.78 is 30.5. The van der Waals surface area contributed by atoms with Crippen LogP contribution in [-0.4, -0.2) is 19.7 Å². The number of halogens is 2. The largest absolute Gasteiger partial charge is 0.493 e. The number of nitrogens with one attached hydrogen (secondary N) is 1. The number of hydrogen-bond acceptors (Lipinski definition) is 2. The molecular weight excluding hydrogens is 224 g/mol. The van der Waals surface area contributed by atoms with Gasteiger partial charge in [-0.1, -0.05) is 12.1 Å². The van der Waals surface area contributed by atoms with E-state index in [1.807, 2.05) is 0 Å². The zero-order valence-corrected chi connectivity index (χ0v) is 9.66. The lowest BCUT2D eigenvalue weighted by Crippen LogP contribution is -2.33. The Morgan fingerprint density at radius 1 is 1.41 bits per heavy atom. The van der Waals surface area contributed by atoms with Crippen molar-refractivity contribution in [3.63, 3.8) is 0 Å². The summed E-state index contributed by atoms with van der Waals surface area (Å²) in [6.45, 7) is 2.62. The highest BCUT2D eigenvalue weighted by Gasteiger charge is 2.14. The van der Waals surface area contributed by atoms with Crippen LogP contribution in [0.15, 0.2) is 24.3 Å². The highest BCUT2D eigenvalue weighted by atomic mass is 19.3. The maximum Gasteiger partial charge on any atom is 0.263 e. The molecule has 17 heavy (non-hydrogen) atoms. The average molecular weight is 241 g/mol. The molecule has 1 saturated heterocycles. The Bertz CT molecular complexity index is 351. The van der Waals surface area contributed by atoms with Gasteiger partial charge >= 0.3 is 0 Å². The predicted molar refractivity (Wildman–Crippen MR) is 62.5 cm³/mol. The van der Waals surface area contributed by atoms with Crippen LogP contribution in [0.25, 0.3) is 0 Å². The lowest BCUT2D eigenvalue weighted by atomic mass is 10.0. The van der Waals surface area contributed by atoms with Gasteiger partial charge < -0.3 is 10.1 Å². The molecule has 1 atom stereocenters. The molecular formula is C13H17F2NO. The highest BCUT2D eigenvalue weighted by molar-refractivity contribution is 5.29. The number of benzene rings is 1. The van der Waals surface area contributed by atoms with Crippen molar-refractivity contribution in [3.8, 4) is 5.75 Å². The molecule has 0 amide bonds. The molecule has 1 aromatic carbocycles. The molecule has 0 radical (unpaired) electrons. The van der Waals surface area contributed by atoms with E-state index in [0.29, 0.717) is 18.3 Å². The standard InChI is InChI=1S/C13H17F2NO/c14-13(15)11-4-1-5-12(7-11)17-9-10-3-2-6-16-8-10/h1,4-5,7,10,13,16H,2-3,6,8-9H2.